The smallest absolute Gasteiger partial charge is 0.216 e. The molecule has 1 aliphatic heterocycles. The molecule has 1 fully saturated rings. The maximum atomic E-state index is 10.6. The van der Waals surface area contributed by atoms with E-state index < -0.39 is 0 Å². The SMILES string of the molecule is CO[C@@H]1CNC[C@H]1CNC(C)=O. The average molecular weight is 172 g/mol. The van der Waals surface area contributed by atoms with Crippen molar-refractivity contribution in [3.05, 3.63) is 0 Å². The molecule has 2 atom stereocenters. The van der Waals surface area contributed by atoms with Gasteiger partial charge in [0.05, 0.1) is 6.10 Å². The molecule has 1 aliphatic rings. The fourth-order valence-corrected chi connectivity index (χ4v) is 1.46. The molecular formula is C8H16N2O2. The van der Waals surface area contributed by atoms with E-state index in [0.717, 1.165) is 13.1 Å². The minimum absolute atomic E-state index is 0.0248. The first-order chi connectivity index (χ1) is 5.74. The number of carbonyl (C=O) groups is 1. The maximum Gasteiger partial charge on any atom is 0.216 e. The lowest BCUT2D eigenvalue weighted by molar-refractivity contribution is -0.119. The Morgan fingerprint density at radius 2 is 2.42 bits per heavy atom. The van der Waals surface area contributed by atoms with Crippen molar-refractivity contribution in [2.24, 2.45) is 5.92 Å². The predicted octanol–water partition coefficient (Wildman–Crippen LogP) is -0.643. The van der Waals surface area contributed by atoms with Crippen molar-refractivity contribution in [2.45, 2.75) is 13.0 Å². The van der Waals surface area contributed by atoms with E-state index in [0.29, 0.717) is 12.5 Å². The summed E-state index contributed by atoms with van der Waals surface area (Å²) in [6.07, 6.45) is 0.247. The Morgan fingerprint density at radius 1 is 1.67 bits per heavy atom. The number of rotatable bonds is 3. The highest BCUT2D eigenvalue weighted by Crippen LogP contribution is 2.10. The highest BCUT2D eigenvalue weighted by Gasteiger charge is 2.26. The van der Waals surface area contributed by atoms with Crippen LogP contribution in [0.3, 0.4) is 0 Å². The van der Waals surface area contributed by atoms with Gasteiger partial charge in [-0.3, -0.25) is 4.79 Å². The number of ether oxygens (including phenoxy) is 1. The zero-order valence-electron chi connectivity index (χ0n) is 7.59. The fraction of sp³-hybridized carbons (Fsp3) is 0.875. The van der Waals surface area contributed by atoms with Gasteiger partial charge in [0, 0.05) is 39.6 Å². The first kappa shape index (κ1) is 9.48. The molecule has 70 valence electrons. The molecule has 0 spiro atoms. The monoisotopic (exact) mass is 172 g/mol. The van der Waals surface area contributed by atoms with E-state index >= 15 is 0 Å². The van der Waals surface area contributed by atoms with Crippen molar-refractivity contribution in [2.75, 3.05) is 26.7 Å². The second-order valence-corrected chi connectivity index (χ2v) is 3.13. The molecule has 2 N–H and O–H groups in total. The lowest BCUT2D eigenvalue weighted by Crippen LogP contribution is -2.33. The van der Waals surface area contributed by atoms with Crippen LogP contribution in [0.4, 0.5) is 0 Å². The number of nitrogens with one attached hydrogen (secondary N) is 2. The third-order valence-corrected chi connectivity index (χ3v) is 2.19. The summed E-state index contributed by atoms with van der Waals surface area (Å²) in [5.41, 5.74) is 0. The van der Waals surface area contributed by atoms with E-state index in [1.807, 2.05) is 0 Å². The lowest BCUT2D eigenvalue weighted by Gasteiger charge is -2.16. The molecule has 4 nitrogen and oxygen atoms in total. The number of hydrogen-bond acceptors (Lipinski definition) is 3. The normalized spacial score (nSPS) is 28.8. The summed E-state index contributed by atoms with van der Waals surface area (Å²) in [4.78, 5) is 10.6. The molecular weight excluding hydrogens is 156 g/mol. The van der Waals surface area contributed by atoms with E-state index in [1.54, 1.807) is 7.11 Å². The molecule has 0 unspecified atom stereocenters. The van der Waals surface area contributed by atoms with Gasteiger partial charge >= 0.3 is 0 Å². The Bertz CT molecular complexity index is 161. The Morgan fingerprint density at radius 3 is 3.00 bits per heavy atom. The molecule has 1 rings (SSSR count). The van der Waals surface area contributed by atoms with Crippen LogP contribution in [0.5, 0.6) is 0 Å². The van der Waals surface area contributed by atoms with E-state index in [2.05, 4.69) is 10.6 Å². The van der Waals surface area contributed by atoms with Gasteiger partial charge in [-0.25, -0.2) is 0 Å². The average Bonchev–Trinajstić information content (AvgIpc) is 2.47. The molecule has 1 saturated heterocycles. The predicted molar refractivity (Wildman–Crippen MR) is 45.8 cm³/mol. The van der Waals surface area contributed by atoms with E-state index in [1.165, 1.54) is 6.92 Å². The number of methoxy groups -OCH3 is 1. The van der Waals surface area contributed by atoms with Crippen molar-refractivity contribution in [1.82, 2.24) is 10.6 Å². The van der Waals surface area contributed by atoms with Crippen LogP contribution in [-0.4, -0.2) is 38.8 Å². The first-order valence-electron chi connectivity index (χ1n) is 4.22. The summed E-state index contributed by atoms with van der Waals surface area (Å²) in [6.45, 7) is 4.06. The van der Waals surface area contributed by atoms with Crippen LogP contribution in [-0.2, 0) is 9.53 Å². The quantitative estimate of drug-likeness (QED) is 0.595. The Labute approximate surface area is 72.7 Å². The Kier molecular flexibility index (Phi) is 3.49. The Hall–Kier alpha value is -0.610. The van der Waals surface area contributed by atoms with Crippen LogP contribution < -0.4 is 10.6 Å². The van der Waals surface area contributed by atoms with Gasteiger partial charge in [0.2, 0.25) is 5.91 Å². The molecule has 0 aromatic rings. The molecule has 1 heterocycles. The third-order valence-electron chi connectivity index (χ3n) is 2.19. The summed E-state index contributed by atoms with van der Waals surface area (Å²) in [5, 5.41) is 6.01. The molecule has 12 heavy (non-hydrogen) atoms. The van der Waals surface area contributed by atoms with Crippen molar-refractivity contribution >= 4 is 5.91 Å². The summed E-state index contributed by atoms with van der Waals surface area (Å²) in [7, 11) is 1.71. The van der Waals surface area contributed by atoms with Gasteiger partial charge in [-0.2, -0.15) is 0 Å². The van der Waals surface area contributed by atoms with Gasteiger partial charge in [0.25, 0.3) is 0 Å². The van der Waals surface area contributed by atoms with Gasteiger partial charge in [-0.05, 0) is 0 Å². The van der Waals surface area contributed by atoms with Crippen molar-refractivity contribution < 1.29 is 9.53 Å². The number of amides is 1. The van der Waals surface area contributed by atoms with Gasteiger partial charge in [0.1, 0.15) is 0 Å². The molecule has 4 heteroatoms. The highest BCUT2D eigenvalue weighted by molar-refractivity contribution is 5.72. The number of hydrogen-bond donors (Lipinski definition) is 2. The topological polar surface area (TPSA) is 50.4 Å². The molecule has 0 aromatic carbocycles. The minimum Gasteiger partial charge on any atom is -0.380 e. The summed E-state index contributed by atoms with van der Waals surface area (Å²) in [6, 6.07) is 0. The second-order valence-electron chi connectivity index (χ2n) is 3.13. The zero-order valence-corrected chi connectivity index (χ0v) is 7.59. The Balaban J connectivity index is 2.26. The molecule has 0 aromatic heterocycles. The lowest BCUT2D eigenvalue weighted by atomic mass is 10.1. The van der Waals surface area contributed by atoms with E-state index in [-0.39, 0.29) is 12.0 Å². The largest absolute Gasteiger partial charge is 0.380 e. The van der Waals surface area contributed by atoms with Crippen LogP contribution >= 0.6 is 0 Å². The van der Waals surface area contributed by atoms with Crippen LogP contribution in [0.2, 0.25) is 0 Å². The van der Waals surface area contributed by atoms with Crippen molar-refractivity contribution in [1.29, 1.82) is 0 Å². The maximum absolute atomic E-state index is 10.6. The van der Waals surface area contributed by atoms with Crippen molar-refractivity contribution in [3.63, 3.8) is 0 Å². The third kappa shape index (κ3) is 2.46. The summed E-state index contributed by atoms with van der Waals surface area (Å²) in [5.74, 6) is 0.440. The van der Waals surface area contributed by atoms with Crippen LogP contribution in [0.15, 0.2) is 0 Å². The molecule has 0 aliphatic carbocycles. The first-order valence-corrected chi connectivity index (χ1v) is 4.22. The van der Waals surface area contributed by atoms with Crippen LogP contribution in [0.1, 0.15) is 6.92 Å². The molecule has 0 bridgehead atoms. The van der Waals surface area contributed by atoms with Gasteiger partial charge in [0.15, 0.2) is 0 Å². The minimum atomic E-state index is 0.0248. The summed E-state index contributed by atoms with van der Waals surface area (Å²) < 4.78 is 5.24. The van der Waals surface area contributed by atoms with Gasteiger partial charge in [-0.1, -0.05) is 0 Å². The van der Waals surface area contributed by atoms with E-state index in [4.69, 9.17) is 4.74 Å². The highest BCUT2D eigenvalue weighted by atomic mass is 16.5. The molecule has 1 amide bonds. The van der Waals surface area contributed by atoms with E-state index in [9.17, 15) is 4.79 Å². The fourth-order valence-electron chi connectivity index (χ4n) is 1.46. The van der Waals surface area contributed by atoms with Crippen LogP contribution in [0.25, 0.3) is 0 Å². The number of carbonyl (C=O) groups excluding carboxylic acids is 1. The molecule has 0 radical (unpaired) electrons. The van der Waals surface area contributed by atoms with Crippen LogP contribution in [0, 0.1) is 5.92 Å². The summed E-state index contributed by atoms with van der Waals surface area (Å²) >= 11 is 0. The standard InChI is InChI=1S/C8H16N2O2/c1-6(11)10-4-7-3-9-5-8(7)12-2/h7-9H,3-5H2,1-2H3,(H,10,11)/t7-,8+/m0/s1. The van der Waals surface area contributed by atoms with Crippen molar-refractivity contribution in [3.8, 4) is 0 Å². The zero-order chi connectivity index (χ0) is 8.97. The van der Waals surface area contributed by atoms with Gasteiger partial charge < -0.3 is 15.4 Å². The van der Waals surface area contributed by atoms with Gasteiger partial charge in [-0.15, -0.1) is 0 Å². The second kappa shape index (κ2) is 4.42. The molecule has 0 saturated carbocycles.